The van der Waals surface area contributed by atoms with E-state index in [4.69, 9.17) is 4.74 Å². The highest BCUT2D eigenvalue weighted by atomic mass is 32.1. The molecule has 82 valence electrons. The molecule has 0 saturated heterocycles. The van der Waals surface area contributed by atoms with E-state index in [1.807, 2.05) is 37.3 Å². The lowest BCUT2D eigenvalue weighted by molar-refractivity contribution is 0.101. The van der Waals surface area contributed by atoms with Crippen LogP contribution >= 0.6 is 11.3 Å². The Kier molecular flexibility index (Phi) is 3.01. The number of hydrogen-bond donors (Lipinski definition) is 0. The molecule has 2 aromatic rings. The van der Waals surface area contributed by atoms with Gasteiger partial charge in [0.05, 0.1) is 5.69 Å². The third kappa shape index (κ3) is 2.28. The lowest BCUT2D eigenvalue weighted by atomic mass is 10.3. The molecule has 3 nitrogen and oxygen atoms in total. The fourth-order valence-electron chi connectivity index (χ4n) is 1.22. The fourth-order valence-corrected chi connectivity index (χ4v) is 2.06. The van der Waals surface area contributed by atoms with E-state index in [2.05, 4.69) is 4.98 Å². The minimum atomic E-state index is -0.0315. The Bertz CT molecular complexity index is 505. The van der Waals surface area contributed by atoms with Crippen molar-refractivity contribution in [1.29, 1.82) is 0 Å². The first-order valence-corrected chi connectivity index (χ1v) is 5.70. The summed E-state index contributed by atoms with van der Waals surface area (Å²) in [5, 5.41) is 1.17. The average molecular weight is 233 g/mol. The highest BCUT2D eigenvalue weighted by molar-refractivity contribution is 7.15. The van der Waals surface area contributed by atoms with E-state index in [1.165, 1.54) is 18.3 Å². The number of carbonyl (C=O) groups excluding carboxylic acids is 1. The van der Waals surface area contributed by atoms with Gasteiger partial charge in [-0.2, -0.15) is 0 Å². The smallest absolute Gasteiger partial charge is 0.204 e. The van der Waals surface area contributed by atoms with Crippen LogP contribution in [-0.4, -0.2) is 10.8 Å². The molecule has 0 N–H and O–H groups in total. The van der Waals surface area contributed by atoms with Gasteiger partial charge in [0.25, 0.3) is 0 Å². The molecule has 0 aliphatic heterocycles. The maximum absolute atomic E-state index is 11.2. The lowest BCUT2D eigenvalue weighted by Crippen LogP contribution is -1.89. The summed E-state index contributed by atoms with van der Waals surface area (Å²) in [4.78, 5) is 15.3. The largest absolute Gasteiger partial charge is 0.445 e. The second-order valence-corrected chi connectivity index (χ2v) is 4.32. The maximum atomic E-state index is 11.2. The predicted octanol–water partition coefficient (Wildman–Crippen LogP) is 3.45. The zero-order chi connectivity index (χ0) is 11.5. The Morgan fingerprint density at radius 3 is 2.56 bits per heavy atom. The normalized spacial score (nSPS) is 10.1. The molecule has 4 heteroatoms. The van der Waals surface area contributed by atoms with Gasteiger partial charge >= 0.3 is 0 Å². The van der Waals surface area contributed by atoms with Crippen LogP contribution in [0, 0.1) is 6.92 Å². The Hall–Kier alpha value is -1.68. The molecule has 0 amide bonds. The summed E-state index contributed by atoms with van der Waals surface area (Å²) in [5.74, 6) is 0.723. The summed E-state index contributed by atoms with van der Waals surface area (Å²) in [6.45, 7) is 3.34. The van der Waals surface area contributed by atoms with Crippen LogP contribution in [0.5, 0.6) is 10.8 Å². The van der Waals surface area contributed by atoms with E-state index < -0.39 is 0 Å². The highest BCUT2D eigenvalue weighted by Crippen LogP contribution is 2.31. The van der Waals surface area contributed by atoms with Crippen molar-refractivity contribution in [1.82, 2.24) is 4.98 Å². The first-order valence-electron chi connectivity index (χ1n) is 4.88. The van der Waals surface area contributed by atoms with Crippen molar-refractivity contribution in [3.63, 3.8) is 0 Å². The number of Topliss-reactive ketones (excluding diaryl/α,β-unsaturated/α-hetero) is 1. The Morgan fingerprint density at radius 2 is 2.00 bits per heavy atom. The molecule has 0 spiro atoms. The van der Waals surface area contributed by atoms with Crippen molar-refractivity contribution in [2.75, 3.05) is 0 Å². The Balaban J connectivity index is 2.25. The first-order chi connectivity index (χ1) is 7.66. The quantitative estimate of drug-likeness (QED) is 0.762. The molecule has 1 aromatic carbocycles. The van der Waals surface area contributed by atoms with Gasteiger partial charge in [0.1, 0.15) is 5.75 Å². The van der Waals surface area contributed by atoms with E-state index in [9.17, 15) is 4.79 Å². The van der Waals surface area contributed by atoms with Crippen molar-refractivity contribution in [2.45, 2.75) is 13.8 Å². The fraction of sp³-hybridized carbons (Fsp3) is 0.167. The number of aromatic nitrogens is 1. The summed E-state index contributed by atoms with van der Waals surface area (Å²) in [7, 11) is 0. The van der Waals surface area contributed by atoms with Gasteiger partial charge in [-0.05, 0) is 19.1 Å². The lowest BCUT2D eigenvalue weighted by Gasteiger charge is -2.01. The molecular formula is C12H11NO2S. The van der Waals surface area contributed by atoms with E-state index in [-0.39, 0.29) is 5.78 Å². The number of ether oxygens (including phenoxy) is 1. The SMILES string of the molecule is CC(=O)c1nc(C)c(Oc2ccccc2)s1. The first kappa shape index (κ1) is 10.8. The second kappa shape index (κ2) is 4.45. The van der Waals surface area contributed by atoms with Crippen molar-refractivity contribution >= 4 is 17.1 Å². The van der Waals surface area contributed by atoms with Gasteiger partial charge in [-0.25, -0.2) is 4.98 Å². The Morgan fingerprint density at radius 1 is 1.31 bits per heavy atom. The van der Waals surface area contributed by atoms with Crippen LogP contribution < -0.4 is 4.74 Å². The standard InChI is InChI=1S/C12H11NO2S/c1-8-12(16-11(13-8)9(2)14)15-10-6-4-3-5-7-10/h3-7H,1-2H3. The molecule has 0 saturated carbocycles. The number of aryl methyl sites for hydroxylation is 1. The Labute approximate surface area is 97.7 Å². The van der Waals surface area contributed by atoms with Gasteiger partial charge in [-0.3, -0.25) is 4.79 Å². The number of para-hydroxylation sites is 1. The molecule has 1 aromatic heterocycles. The molecule has 2 rings (SSSR count). The molecular weight excluding hydrogens is 222 g/mol. The molecule has 1 heterocycles. The molecule has 0 radical (unpaired) electrons. The van der Waals surface area contributed by atoms with Gasteiger partial charge in [0, 0.05) is 6.92 Å². The van der Waals surface area contributed by atoms with Gasteiger partial charge in [0.15, 0.2) is 10.8 Å². The van der Waals surface area contributed by atoms with Gasteiger partial charge in [-0.1, -0.05) is 29.5 Å². The van der Waals surface area contributed by atoms with E-state index in [0.29, 0.717) is 10.1 Å². The van der Waals surface area contributed by atoms with Crippen LogP contribution in [-0.2, 0) is 0 Å². The predicted molar refractivity (Wildman–Crippen MR) is 63.4 cm³/mol. The van der Waals surface area contributed by atoms with Crippen LogP contribution in [0.1, 0.15) is 22.4 Å². The number of benzene rings is 1. The number of hydrogen-bond acceptors (Lipinski definition) is 4. The summed E-state index contributed by atoms with van der Waals surface area (Å²) < 4.78 is 5.64. The number of rotatable bonds is 3. The van der Waals surface area contributed by atoms with Gasteiger partial charge < -0.3 is 4.74 Å². The minimum Gasteiger partial charge on any atom is -0.445 e. The zero-order valence-corrected chi connectivity index (χ0v) is 9.88. The highest BCUT2D eigenvalue weighted by Gasteiger charge is 2.12. The maximum Gasteiger partial charge on any atom is 0.204 e. The summed E-state index contributed by atoms with van der Waals surface area (Å²) in [6.07, 6.45) is 0. The summed E-state index contributed by atoms with van der Waals surface area (Å²) in [6, 6.07) is 9.46. The van der Waals surface area contributed by atoms with Crippen molar-refractivity contribution < 1.29 is 9.53 Å². The molecule has 16 heavy (non-hydrogen) atoms. The van der Waals surface area contributed by atoms with Crippen LogP contribution in [0.15, 0.2) is 30.3 Å². The number of ketones is 1. The van der Waals surface area contributed by atoms with Crippen LogP contribution in [0.4, 0.5) is 0 Å². The molecule has 0 bridgehead atoms. The number of thiazole rings is 1. The molecule has 0 atom stereocenters. The average Bonchev–Trinajstić information content (AvgIpc) is 2.62. The van der Waals surface area contributed by atoms with Crippen molar-refractivity contribution in [2.24, 2.45) is 0 Å². The zero-order valence-electron chi connectivity index (χ0n) is 9.06. The third-order valence-corrected chi connectivity index (χ3v) is 3.15. The second-order valence-electron chi connectivity index (χ2n) is 3.36. The monoisotopic (exact) mass is 233 g/mol. The molecule has 0 unspecified atom stereocenters. The minimum absolute atomic E-state index is 0.0315. The van der Waals surface area contributed by atoms with Crippen molar-refractivity contribution in [3.05, 3.63) is 41.0 Å². The van der Waals surface area contributed by atoms with Crippen molar-refractivity contribution in [3.8, 4) is 10.8 Å². The topological polar surface area (TPSA) is 39.2 Å². The molecule has 0 aliphatic rings. The summed E-state index contributed by atoms with van der Waals surface area (Å²) in [5.41, 5.74) is 0.749. The third-order valence-electron chi connectivity index (χ3n) is 2.01. The summed E-state index contributed by atoms with van der Waals surface area (Å²) >= 11 is 1.28. The number of nitrogens with zero attached hydrogens (tertiary/aromatic N) is 1. The van der Waals surface area contributed by atoms with E-state index in [1.54, 1.807) is 0 Å². The van der Waals surface area contributed by atoms with E-state index >= 15 is 0 Å². The van der Waals surface area contributed by atoms with Crippen LogP contribution in [0.3, 0.4) is 0 Å². The van der Waals surface area contributed by atoms with Crippen LogP contribution in [0.25, 0.3) is 0 Å². The van der Waals surface area contributed by atoms with E-state index in [0.717, 1.165) is 11.4 Å². The van der Waals surface area contributed by atoms with Gasteiger partial charge in [0.2, 0.25) is 5.06 Å². The molecule has 0 aliphatic carbocycles. The number of carbonyl (C=O) groups is 1. The van der Waals surface area contributed by atoms with Gasteiger partial charge in [-0.15, -0.1) is 0 Å². The van der Waals surface area contributed by atoms with Crippen LogP contribution in [0.2, 0.25) is 0 Å². The molecule has 0 fully saturated rings.